The van der Waals surface area contributed by atoms with Crippen LogP contribution in [0.5, 0.6) is 0 Å². The number of fused-ring (bicyclic) bond motifs is 1. The van der Waals surface area contributed by atoms with Gasteiger partial charge < -0.3 is 15.2 Å². The number of amides is 1. The molecule has 0 radical (unpaired) electrons. The number of carbonyl (C=O) groups excluding carboxylic acids is 1. The summed E-state index contributed by atoms with van der Waals surface area (Å²) in [6.07, 6.45) is 13.2. The number of likely N-dealkylation sites (N-methyl/N-ethyl adjacent to an activating group) is 1. The number of carbonyl (C=O) groups is 1. The first-order chi connectivity index (χ1) is 15.0. The Balaban J connectivity index is 1.51. The number of hydrogen-bond acceptors (Lipinski definition) is 5. The molecule has 0 fully saturated rings. The number of aliphatic imine (C=N–C) groups is 1. The molecule has 0 spiro atoms. The van der Waals surface area contributed by atoms with Crippen LogP contribution >= 0.6 is 0 Å². The lowest BCUT2D eigenvalue weighted by molar-refractivity contribution is -0.120. The van der Waals surface area contributed by atoms with Crippen molar-refractivity contribution in [3.05, 3.63) is 75.4 Å². The third-order valence-electron chi connectivity index (χ3n) is 5.98. The highest BCUT2D eigenvalue weighted by molar-refractivity contribution is 5.92. The Morgan fingerprint density at radius 1 is 1.35 bits per heavy atom. The van der Waals surface area contributed by atoms with E-state index in [2.05, 4.69) is 44.4 Å². The average Bonchev–Trinajstić information content (AvgIpc) is 2.82. The van der Waals surface area contributed by atoms with Crippen LogP contribution in [-0.2, 0) is 11.2 Å². The van der Waals surface area contributed by atoms with Crippen molar-refractivity contribution in [2.75, 3.05) is 13.6 Å². The number of allylic oxidation sites excluding steroid dienone is 3. The Morgan fingerprint density at radius 3 is 2.84 bits per heavy atom. The molecule has 2 aliphatic heterocycles. The quantitative estimate of drug-likeness (QED) is 0.800. The number of nitrogens with one attached hydrogen (secondary N) is 2. The van der Waals surface area contributed by atoms with Crippen LogP contribution in [0.2, 0.25) is 0 Å². The molecule has 2 unspecified atom stereocenters. The molecule has 2 aromatic rings. The molecule has 2 aromatic heterocycles. The topological polar surface area (TPSA) is 90.4 Å². The lowest BCUT2D eigenvalue weighted by Crippen LogP contribution is -2.30. The molecular formula is C24H27N5O2. The fourth-order valence-corrected chi connectivity index (χ4v) is 3.92. The van der Waals surface area contributed by atoms with E-state index in [4.69, 9.17) is 0 Å². The predicted molar refractivity (Wildman–Crippen MR) is 123 cm³/mol. The van der Waals surface area contributed by atoms with E-state index < -0.39 is 6.04 Å². The van der Waals surface area contributed by atoms with Crippen LogP contribution in [0.15, 0.2) is 63.7 Å². The summed E-state index contributed by atoms with van der Waals surface area (Å²) in [7, 11) is 1.62. The molecule has 7 nitrogen and oxygen atoms in total. The SMILES string of the molecule is CCc1cc2ncc(C(C)N3C=CC(=C4C=CC(C(=O)NC)N=C4)CC3)cc2[nH]c1=O. The number of hydrogen-bond donors (Lipinski definition) is 2. The molecule has 0 bridgehead atoms. The maximum atomic E-state index is 12.2. The van der Waals surface area contributed by atoms with E-state index in [1.54, 1.807) is 13.3 Å². The maximum absolute atomic E-state index is 12.2. The van der Waals surface area contributed by atoms with Crippen LogP contribution in [0.3, 0.4) is 0 Å². The number of aromatic amines is 1. The summed E-state index contributed by atoms with van der Waals surface area (Å²) in [6, 6.07) is 3.57. The molecule has 2 atom stereocenters. The van der Waals surface area contributed by atoms with Gasteiger partial charge in [-0.25, -0.2) is 0 Å². The summed E-state index contributed by atoms with van der Waals surface area (Å²) in [5, 5.41) is 2.62. The van der Waals surface area contributed by atoms with Crippen molar-refractivity contribution in [1.29, 1.82) is 0 Å². The van der Waals surface area contributed by atoms with Crippen molar-refractivity contribution in [3.63, 3.8) is 0 Å². The average molecular weight is 418 g/mol. The van der Waals surface area contributed by atoms with Gasteiger partial charge in [-0.3, -0.25) is 19.6 Å². The number of pyridine rings is 2. The second-order valence-corrected chi connectivity index (χ2v) is 7.84. The molecule has 1 amide bonds. The summed E-state index contributed by atoms with van der Waals surface area (Å²) in [6.45, 7) is 4.97. The molecular weight excluding hydrogens is 390 g/mol. The molecule has 0 aromatic carbocycles. The highest BCUT2D eigenvalue weighted by atomic mass is 16.2. The van der Waals surface area contributed by atoms with Crippen LogP contribution in [-0.4, -0.2) is 46.6 Å². The van der Waals surface area contributed by atoms with E-state index in [1.807, 2.05) is 37.4 Å². The molecule has 7 heteroatoms. The molecule has 0 saturated heterocycles. The van der Waals surface area contributed by atoms with Gasteiger partial charge in [0.2, 0.25) is 5.91 Å². The summed E-state index contributed by atoms with van der Waals surface area (Å²) < 4.78 is 0. The third kappa shape index (κ3) is 4.21. The van der Waals surface area contributed by atoms with Crippen LogP contribution in [0.25, 0.3) is 11.0 Å². The van der Waals surface area contributed by atoms with Crippen molar-refractivity contribution >= 4 is 23.2 Å². The number of H-pyrrole nitrogens is 1. The number of nitrogens with zero attached hydrogens (tertiary/aromatic N) is 3. The Kier molecular flexibility index (Phi) is 5.84. The molecule has 4 rings (SSSR count). The second-order valence-electron chi connectivity index (χ2n) is 7.84. The Hall–Kier alpha value is -3.48. The molecule has 2 N–H and O–H groups in total. The van der Waals surface area contributed by atoms with Crippen LogP contribution in [0, 0.1) is 0 Å². The fourth-order valence-electron chi connectivity index (χ4n) is 3.92. The van der Waals surface area contributed by atoms with E-state index in [1.165, 1.54) is 5.57 Å². The van der Waals surface area contributed by atoms with E-state index in [-0.39, 0.29) is 17.5 Å². The van der Waals surface area contributed by atoms with Crippen LogP contribution in [0.1, 0.15) is 37.4 Å². The van der Waals surface area contributed by atoms with E-state index in [9.17, 15) is 9.59 Å². The maximum Gasteiger partial charge on any atom is 0.251 e. The first-order valence-corrected chi connectivity index (χ1v) is 10.6. The zero-order valence-corrected chi connectivity index (χ0v) is 18.1. The molecule has 0 saturated carbocycles. The van der Waals surface area contributed by atoms with Crippen molar-refractivity contribution in [1.82, 2.24) is 20.2 Å². The van der Waals surface area contributed by atoms with Crippen molar-refractivity contribution in [3.8, 4) is 0 Å². The van der Waals surface area contributed by atoms with Crippen LogP contribution in [0.4, 0.5) is 0 Å². The van der Waals surface area contributed by atoms with Gasteiger partial charge in [0, 0.05) is 31.6 Å². The normalized spacial score (nSPS) is 21.5. The predicted octanol–water partition coefficient (Wildman–Crippen LogP) is 2.82. The smallest absolute Gasteiger partial charge is 0.251 e. The first kappa shape index (κ1) is 20.8. The van der Waals surface area contributed by atoms with Gasteiger partial charge in [0.15, 0.2) is 0 Å². The van der Waals surface area contributed by atoms with Gasteiger partial charge in [0.25, 0.3) is 5.56 Å². The highest BCUT2D eigenvalue weighted by Crippen LogP contribution is 2.27. The largest absolute Gasteiger partial charge is 0.370 e. The summed E-state index contributed by atoms with van der Waals surface area (Å²) in [4.78, 5) is 38.0. The zero-order chi connectivity index (χ0) is 22.0. The molecule has 0 aliphatic carbocycles. The third-order valence-corrected chi connectivity index (χ3v) is 5.98. The van der Waals surface area contributed by atoms with Gasteiger partial charge in [0.1, 0.15) is 6.04 Å². The number of dihydropyridines is 1. The highest BCUT2D eigenvalue weighted by Gasteiger charge is 2.19. The zero-order valence-electron chi connectivity index (χ0n) is 18.1. The van der Waals surface area contributed by atoms with Gasteiger partial charge in [-0.15, -0.1) is 0 Å². The van der Waals surface area contributed by atoms with Gasteiger partial charge in [-0.2, -0.15) is 0 Å². The Labute approximate surface area is 181 Å². The van der Waals surface area contributed by atoms with E-state index in [0.717, 1.165) is 40.7 Å². The van der Waals surface area contributed by atoms with Crippen molar-refractivity contribution < 1.29 is 4.79 Å². The summed E-state index contributed by atoms with van der Waals surface area (Å²) in [5.74, 6) is -0.105. The number of rotatable bonds is 4. The van der Waals surface area contributed by atoms with Crippen LogP contribution < -0.4 is 10.9 Å². The minimum atomic E-state index is -0.446. The van der Waals surface area contributed by atoms with Gasteiger partial charge in [-0.05, 0) is 60.9 Å². The number of aromatic nitrogens is 2. The van der Waals surface area contributed by atoms with Gasteiger partial charge >= 0.3 is 0 Å². The Morgan fingerprint density at radius 2 is 2.19 bits per heavy atom. The van der Waals surface area contributed by atoms with E-state index in [0.29, 0.717) is 6.42 Å². The minimum Gasteiger partial charge on any atom is -0.370 e. The van der Waals surface area contributed by atoms with Gasteiger partial charge in [0.05, 0.1) is 17.1 Å². The summed E-state index contributed by atoms with van der Waals surface area (Å²) >= 11 is 0. The lowest BCUT2D eigenvalue weighted by Gasteiger charge is -2.31. The second kappa shape index (κ2) is 8.71. The number of aryl methyl sites for hydroxylation is 1. The lowest BCUT2D eigenvalue weighted by atomic mass is 9.98. The summed E-state index contributed by atoms with van der Waals surface area (Å²) in [5.41, 5.74) is 5.59. The van der Waals surface area contributed by atoms with E-state index >= 15 is 0 Å². The fraction of sp³-hybridized carbons (Fsp3) is 0.333. The molecule has 160 valence electrons. The molecule has 31 heavy (non-hydrogen) atoms. The molecule has 4 heterocycles. The monoisotopic (exact) mass is 417 g/mol. The van der Waals surface area contributed by atoms with Gasteiger partial charge in [-0.1, -0.05) is 19.1 Å². The molecule has 2 aliphatic rings. The van der Waals surface area contributed by atoms with Crippen molar-refractivity contribution in [2.24, 2.45) is 4.99 Å². The van der Waals surface area contributed by atoms with Crippen molar-refractivity contribution in [2.45, 2.75) is 38.8 Å². The first-order valence-electron chi connectivity index (χ1n) is 10.6. The Bertz CT molecular complexity index is 1170. The minimum absolute atomic E-state index is 0.0448. The standard InChI is InChI=1S/C24H27N5O2/c1-4-16-11-21-22(28-23(16)30)12-19(14-27-21)15(2)29-9-7-17(8-10-29)18-5-6-20(26-13-18)24(31)25-3/h5-7,9,11-15,20H,4,8,10H2,1-3H3,(H,25,31)(H,28,30).